The Bertz CT molecular complexity index is 391. The van der Waals surface area contributed by atoms with Crippen molar-refractivity contribution in [3.8, 4) is 0 Å². The maximum absolute atomic E-state index is 11.3. The van der Waals surface area contributed by atoms with Crippen LogP contribution in [0.5, 0.6) is 0 Å². The molecule has 0 aliphatic carbocycles. The van der Waals surface area contributed by atoms with Crippen molar-refractivity contribution < 1.29 is 9.72 Å². The lowest BCUT2D eigenvalue weighted by molar-refractivity contribution is -0.385. The molecule has 1 aromatic carbocycles. The third kappa shape index (κ3) is 3.73. The Morgan fingerprint density at radius 2 is 2.00 bits per heavy atom. The first kappa shape index (κ1) is 14.8. The summed E-state index contributed by atoms with van der Waals surface area (Å²) in [5, 5.41) is 10.7. The van der Waals surface area contributed by atoms with Gasteiger partial charge in [-0.15, -0.1) is 0 Å². The number of aryl methyl sites for hydroxylation is 1. The lowest BCUT2D eigenvalue weighted by Gasteiger charge is -2.00. The summed E-state index contributed by atoms with van der Waals surface area (Å²) in [5.41, 5.74) is 0.787. The van der Waals surface area contributed by atoms with Gasteiger partial charge in [0.2, 0.25) is 0 Å². The molecule has 0 amide bonds. The summed E-state index contributed by atoms with van der Waals surface area (Å²) < 4.78 is 0. The predicted molar refractivity (Wildman–Crippen MR) is 67.3 cm³/mol. The van der Waals surface area contributed by atoms with Crippen molar-refractivity contribution in [3.63, 3.8) is 0 Å². The van der Waals surface area contributed by atoms with Gasteiger partial charge in [0.25, 0.3) is 5.69 Å². The van der Waals surface area contributed by atoms with Gasteiger partial charge in [-0.2, -0.15) is 0 Å². The minimum Gasteiger partial charge on any atom is -0.293 e. The van der Waals surface area contributed by atoms with Gasteiger partial charge in [-0.05, 0) is 18.6 Å². The van der Waals surface area contributed by atoms with E-state index in [2.05, 4.69) is 15.9 Å². The molecule has 0 bridgehead atoms. The van der Waals surface area contributed by atoms with E-state index in [1.165, 1.54) is 12.1 Å². The minimum atomic E-state index is -0.539. The Kier molecular flexibility index (Phi) is 6.56. The maximum Gasteiger partial charge on any atom is 0.280 e. The summed E-state index contributed by atoms with van der Waals surface area (Å²) in [6, 6.07) is 4.57. The number of nitro benzene ring substituents is 1. The lowest BCUT2D eigenvalue weighted by atomic mass is 10.1. The summed E-state index contributed by atoms with van der Waals surface area (Å²) in [4.78, 5) is 21.4. The van der Waals surface area contributed by atoms with Gasteiger partial charge >= 0.3 is 0 Å². The van der Waals surface area contributed by atoms with Crippen LogP contribution in [0.4, 0.5) is 5.69 Å². The first-order chi connectivity index (χ1) is 7.56. The number of nitrogens with zero attached hydrogens (tertiary/aromatic N) is 1. The summed E-state index contributed by atoms with van der Waals surface area (Å²) in [5.74, 6) is -0.281. The molecule has 0 fully saturated rings. The van der Waals surface area contributed by atoms with Crippen LogP contribution < -0.4 is 0 Å². The first-order valence-electron chi connectivity index (χ1n) is 4.90. The Balaban J connectivity index is 0.00000106. The molecule has 4 nitrogen and oxygen atoms in total. The molecule has 0 saturated carbocycles. The van der Waals surface area contributed by atoms with E-state index in [9.17, 15) is 14.9 Å². The smallest absolute Gasteiger partial charge is 0.280 e. The molecule has 1 aromatic rings. The molecule has 0 aliphatic rings. The number of alkyl halides is 1. The topological polar surface area (TPSA) is 60.2 Å². The van der Waals surface area contributed by atoms with E-state index in [0.29, 0.717) is 0 Å². The van der Waals surface area contributed by atoms with Crippen molar-refractivity contribution in [2.75, 3.05) is 5.33 Å². The Hall–Kier alpha value is -1.23. The van der Waals surface area contributed by atoms with E-state index in [-0.39, 0.29) is 22.4 Å². The number of nitro groups is 1. The molecule has 0 spiro atoms. The molecular weight excluding hydrogens is 274 g/mol. The fourth-order valence-corrected chi connectivity index (χ4v) is 1.40. The summed E-state index contributed by atoms with van der Waals surface area (Å²) in [6.45, 7) is 5.75. The number of carbonyl (C=O) groups is 1. The average Bonchev–Trinajstić information content (AvgIpc) is 2.30. The fourth-order valence-electron chi connectivity index (χ4n) is 1.10. The number of benzene rings is 1. The molecule has 88 valence electrons. The monoisotopic (exact) mass is 287 g/mol. The van der Waals surface area contributed by atoms with Crippen LogP contribution in [0.25, 0.3) is 0 Å². The number of hydrogen-bond donors (Lipinski definition) is 0. The molecule has 5 heteroatoms. The Labute approximate surface area is 103 Å². The van der Waals surface area contributed by atoms with Crippen molar-refractivity contribution in [1.82, 2.24) is 0 Å². The van der Waals surface area contributed by atoms with Crippen LogP contribution in [0.1, 0.15) is 29.8 Å². The molecular formula is C11H14BrNO3. The van der Waals surface area contributed by atoms with Crippen molar-refractivity contribution in [1.29, 1.82) is 0 Å². The van der Waals surface area contributed by atoms with E-state index in [4.69, 9.17) is 0 Å². The van der Waals surface area contributed by atoms with Crippen LogP contribution in [-0.2, 0) is 0 Å². The standard InChI is InChI=1S/C9H8BrNO3.C2H6/c1-6-2-3-7(9(12)5-10)8(4-6)11(13)14;1-2/h2-4H,5H2,1H3;1-2H3. The van der Waals surface area contributed by atoms with Crippen molar-refractivity contribution >= 4 is 27.4 Å². The number of ketones is 1. The second kappa shape index (κ2) is 7.11. The van der Waals surface area contributed by atoms with Gasteiger partial charge in [-0.1, -0.05) is 35.8 Å². The minimum absolute atomic E-state index is 0.0941. The third-order valence-corrected chi connectivity index (χ3v) is 2.28. The lowest BCUT2D eigenvalue weighted by Crippen LogP contribution is -2.04. The summed E-state index contributed by atoms with van der Waals surface area (Å²) in [6.07, 6.45) is 0. The van der Waals surface area contributed by atoms with Gasteiger partial charge < -0.3 is 0 Å². The van der Waals surface area contributed by atoms with Gasteiger partial charge in [-0.25, -0.2) is 0 Å². The van der Waals surface area contributed by atoms with Gasteiger partial charge in [0, 0.05) is 6.07 Å². The van der Waals surface area contributed by atoms with Gasteiger partial charge in [0.05, 0.1) is 15.8 Å². The van der Waals surface area contributed by atoms with E-state index in [1.54, 1.807) is 13.0 Å². The highest BCUT2D eigenvalue weighted by atomic mass is 79.9. The molecule has 0 saturated heterocycles. The highest BCUT2D eigenvalue weighted by Crippen LogP contribution is 2.20. The first-order valence-corrected chi connectivity index (χ1v) is 6.02. The van der Waals surface area contributed by atoms with E-state index in [1.807, 2.05) is 13.8 Å². The Morgan fingerprint density at radius 3 is 2.44 bits per heavy atom. The molecule has 0 N–H and O–H groups in total. The summed E-state index contributed by atoms with van der Waals surface area (Å²) >= 11 is 2.98. The highest BCUT2D eigenvalue weighted by Gasteiger charge is 2.18. The van der Waals surface area contributed by atoms with E-state index < -0.39 is 4.92 Å². The van der Waals surface area contributed by atoms with E-state index >= 15 is 0 Å². The molecule has 1 rings (SSSR count). The van der Waals surface area contributed by atoms with Crippen molar-refractivity contribution in [3.05, 3.63) is 39.4 Å². The van der Waals surface area contributed by atoms with E-state index in [0.717, 1.165) is 5.56 Å². The second-order valence-electron chi connectivity index (χ2n) is 2.83. The van der Waals surface area contributed by atoms with Crippen molar-refractivity contribution in [2.24, 2.45) is 0 Å². The Morgan fingerprint density at radius 1 is 1.44 bits per heavy atom. The summed E-state index contributed by atoms with van der Waals surface area (Å²) in [7, 11) is 0. The largest absolute Gasteiger partial charge is 0.293 e. The van der Waals surface area contributed by atoms with Gasteiger partial charge in [0.15, 0.2) is 5.78 Å². The number of hydrogen-bond acceptors (Lipinski definition) is 3. The number of halogens is 1. The molecule has 0 radical (unpaired) electrons. The third-order valence-electron chi connectivity index (χ3n) is 1.77. The zero-order valence-electron chi connectivity index (χ0n) is 9.49. The number of rotatable bonds is 3. The molecule has 0 aliphatic heterocycles. The average molecular weight is 288 g/mol. The predicted octanol–water partition coefficient (Wildman–Crippen LogP) is 3.51. The SMILES string of the molecule is CC.Cc1ccc(C(=O)CBr)c([N+](=O)[O-])c1. The number of Topliss-reactive ketones (excluding diaryl/α,β-unsaturated/α-hetero) is 1. The molecule has 16 heavy (non-hydrogen) atoms. The normalized spacial score (nSPS) is 9.00. The highest BCUT2D eigenvalue weighted by molar-refractivity contribution is 9.09. The molecule has 0 atom stereocenters. The quantitative estimate of drug-likeness (QED) is 0.370. The zero-order chi connectivity index (χ0) is 12.7. The molecule has 0 aromatic heterocycles. The maximum atomic E-state index is 11.3. The second-order valence-corrected chi connectivity index (χ2v) is 3.40. The fraction of sp³-hybridized carbons (Fsp3) is 0.364. The van der Waals surface area contributed by atoms with Crippen LogP contribution in [-0.4, -0.2) is 16.0 Å². The van der Waals surface area contributed by atoms with Gasteiger partial charge in [0.1, 0.15) is 0 Å². The molecule has 0 unspecified atom stereocenters. The van der Waals surface area contributed by atoms with Crippen LogP contribution >= 0.6 is 15.9 Å². The number of carbonyl (C=O) groups excluding carboxylic acids is 1. The van der Waals surface area contributed by atoms with Crippen LogP contribution in [0, 0.1) is 17.0 Å². The molecule has 0 heterocycles. The van der Waals surface area contributed by atoms with Crippen LogP contribution in [0.3, 0.4) is 0 Å². The zero-order valence-corrected chi connectivity index (χ0v) is 11.1. The van der Waals surface area contributed by atoms with Crippen molar-refractivity contribution in [2.45, 2.75) is 20.8 Å². The van der Waals surface area contributed by atoms with Crippen LogP contribution in [0.2, 0.25) is 0 Å². The van der Waals surface area contributed by atoms with Gasteiger partial charge in [-0.3, -0.25) is 14.9 Å². The van der Waals surface area contributed by atoms with Crippen LogP contribution in [0.15, 0.2) is 18.2 Å².